The first kappa shape index (κ1) is 17.5. The van der Waals surface area contributed by atoms with Gasteiger partial charge in [-0.1, -0.05) is 6.92 Å². The molecule has 1 aliphatic rings. The fourth-order valence-electron chi connectivity index (χ4n) is 2.99. The molecule has 3 aromatic rings. The van der Waals surface area contributed by atoms with Crippen molar-refractivity contribution >= 4 is 46.2 Å². The number of H-pyrrole nitrogens is 1. The van der Waals surface area contributed by atoms with Crippen molar-refractivity contribution in [3.8, 4) is 11.9 Å². The highest BCUT2D eigenvalue weighted by Crippen LogP contribution is 2.34. The number of hydrogen-bond donors (Lipinski definition) is 2. The molecule has 0 bridgehead atoms. The lowest BCUT2D eigenvalue weighted by molar-refractivity contribution is 0.0535. The molecule has 2 atom stereocenters. The van der Waals surface area contributed by atoms with Gasteiger partial charge in [0.15, 0.2) is 0 Å². The second-order valence-electron chi connectivity index (χ2n) is 8.09. The molecule has 1 aliphatic carbocycles. The zero-order valence-electron chi connectivity index (χ0n) is 15.9. The third kappa shape index (κ3) is 3.39. The van der Waals surface area contributed by atoms with Crippen molar-refractivity contribution < 1.29 is 4.74 Å². The van der Waals surface area contributed by atoms with E-state index < -0.39 is 0 Å². The van der Waals surface area contributed by atoms with Crippen molar-refractivity contribution in [2.45, 2.75) is 31.1 Å². The molecule has 2 N–H and O–H groups in total. The predicted octanol–water partition coefficient (Wildman–Crippen LogP) is -0.586. The average Bonchev–Trinajstić information content (AvgIpc) is 3.21. The van der Waals surface area contributed by atoms with E-state index in [0.29, 0.717) is 29.1 Å². The summed E-state index contributed by atoms with van der Waals surface area (Å²) >= 11 is 0. The number of hydrogen-bond acceptors (Lipinski definition) is 6. The van der Waals surface area contributed by atoms with E-state index in [1.165, 1.54) is 6.42 Å². The Balaban J connectivity index is 1.65. The molecule has 2 unspecified atom stereocenters. The van der Waals surface area contributed by atoms with Gasteiger partial charge in [0.2, 0.25) is 5.95 Å². The van der Waals surface area contributed by atoms with Crippen molar-refractivity contribution in [2.75, 3.05) is 5.32 Å². The van der Waals surface area contributed by atoms with Crippen LogP contribution in [0.3, 0.4) is 0 Å². The Bertz CT molecular complexity index is 1030. The van der Waals surface area contributed by atoms with Gasteiger partial charge in [0.25, 0.3) is 5.88 Å². The number of ether oxygens (including phenoxy) is 1. The summed E-state index contributed by atoms with van der Waals surface area (Å²) in [7, 11) is 6.26. The van der Waals surface area contributed by atoms with Gasteiger partial charge in [-0.05, 0) is 30.1 Å². The fourth-order valence-corrected chi connectivity index (χ4v) is 2.99. The van der Waals surface area contributed by atoms with Crippen LogP contribution in [0.4, 0.5) is 11.6 Å². The van der Waals surface area contributed by atoms with Gasteiger partial charge in [0.1, 0.15) is 52.7 Å². The normalized spacial score (nSPS) is 19.4. The molecule has 0 saturated heterocycles. The van der Waals surface area contributed by atoms with Gasteiger partial charge in [-0.25, -0.2) is 4.98 Å². The SMILES string of the molecule is BC(B)(B)n1cc(Nc2ncc3cc(C#N)[nH]c3n2)c(OC2CCC2C)n1. The Morgan fingerprint density at radius 2 is 2.22 bits per heavy atom. The van der Waals surface area contributed by atoms with Crippen LogP contribution >= 0.6 is 0 Å². The Labute approximate surface area is 159 Å². The van der Waals surface area contributed by atoms with Crippen molar-refractivity contribution in [3.05, 3.63) is 24.2 Å². The third-order valence-electron chi connectivity index (χ3n) is 4.91. The molecule has 11 heteroatoms. The lowest BCUT2D eigenvalue weighted by Crippen LogP contribution is -2.36. The van der Waals surface area contributed by atoms with Crippen LogP contribution in [0.25, 0.3) is 11.0 Å². The minimum atomic E-state index is -0.171. The molecule has 0 aromatic carbocycles. The monoisotopic (exact) mass is 359 g/mol. The van der Waals surface area contributed by atoms with Gasteiger partial charge >= 0.3 is 0 Å². The molecular weight excluding hydrogens is 339 g/mol. The molecular formula is C16H20B3N7O. The molecule has 0 aliphatic heterocycles. The Morgan fingerprint density at radius 1 is 1.41 bits per heavy atom. The number of rotatable bonds is 5. The van der Waals surface area contributed by atoms with Crippen LogP contribution in [0.15, 0.2) is 18.5 Å². The van der Waals surface area contributed by atoms with Gasteiger partial charge in [-0.2, -0.15) is 10.2 Å². The first-order valence-corrected chi connectivity index (χ1v) is 9.13. The van der Waals surface area contributed by atoms with Gasteiger partial charge in [-0.3, -0.25) is 4.68 Å². The molecule has 3 aromatic heterocycles. The summed E-state index contributed by atoms with van der Waals surface area (Å²) in [6.07, 6.45) is 6.03. The maximum Gasteiger partial charge on any atom is 0.257 e. The molecule has 27 heavy (non-hydrogen) atoms. The van der Waals surface area contributed by atoms with E-state index in [1.807, 2.05) is 10.9 Å². The van der Waals surface area contributed by atoms with Crippen LogP contribution < -0.4 is 10.1 Å². The number of anilines is 2. The van der Waals surface area contributed by atoms with Crippen molar-refractivity contribution in [3.63, 3.8) is 0 Å². The average molecular weight is 359 g/mol. The number of nitriles is 1. The zero-order chi connectivity index (χ0) is 19.2. The molecule has 134 valence electrons. The quantitative estimate of drug-likeness (QED) is 0.591. The minimum absolute atomic E-state index is 0.171. The topological polar surface area (TPSA) is 104 Å². The van der Waals surface area contributed by atoms with Crippen molar-refractivity contribution in [2.24, 2.45) is 5.92 Å². The Hall–Kier alpha value is -2.89. The van der Waals surface area contributed by atoms with E-state index in [-0.39, 0.29) is 11.3 Å². The maximum atomic E-state index is 9.02. The molecule has 1 fully saturated rings. The van der Waals surface area contributed by atoms with Gasteiger partial charge in [0, 0.05) is 11.6 Å². The van der Waals surface area contributed by atoms with E-state index in [2.05, 4.69) is 61.9 Å². The predicted molar refractivity (Wildman–Crippen MR) is 111 cm³/mol. The second-order valence-corrected chi connectivity index (χ2v) is 8.09. The highest BCUT2D eigenvalue weighted by atomic mass is 16.5. The molecule has 3 heterocycles. The van der Waals surface area contributed by atoms with E-state index >= 15 is 0 Å². The fraction of sp³-hybridized carbons (Fsp3) is 0.375. The third-order valence-corrected chi connectivity index (χ3v) is 4.91. The van der Waals surface area contributed by atoms with E-state index in [4.69, 9.17) is 10.00 Å². The second kappa shape index (κ2) is 6.37. The molecule has 0 radical (unpaired) electrons. The summed E-state index contributed by atoms with van der Waals surface area (Å²) in [5, 5.41) is 17.5. The number of nitrogens with zero attached hydrogens (tertiary/aromatic N) is 5. The standard InChI is InChI=1S/C16H20B3N7O/c1-8-2-3-12(8)27-14-11(7-26(25-14)16(17,18)19)23-15-21-6-9-4-10(5-20)22-13(9)24-15/h4,6-8,12H,2-3,17-19H2,1H3,(H2,21,22,23,24). The van der Waals surface area contributed by atoms with Crippen LogP contribution in [0.1, 0.15) is 25.5 Å². The highest BCUT2D eigenvalue weighted by molar-refractivity contribution is 6.56. The van der Waals surface area contributed by atoms with Gasteiger partial charge in [0.05, 0.1) is 6.20 Å². The number of aromatic nitrogens is 5. The smallest absolute Gasteiger partial charge is 0.257 e. The summed E-state index contributed by atoms with van der Waals surface area (Å²) < 4.78 is 8.03. The first-order chi connectivity index (χ1) is 12.8. The Morgan fingerprint density at radius 3 is 2.85 bits per heavy atom. The first-order valence-electron chi connectivity index (χ1n) is 9.13. The van der Waals surface area contributed by atoms with E-state index in [9.17, 15) is 0 Å². The zero-order valence-corrected chi connectivity index (χ0v) is 15.9. The minimum Gasteiger partial charge on any atom is -0.472 e. The number of fused-ring (bicyclic) bond motifs is 1. The largest absolute Gasteiger partial charge is 0.472 e. The van der Waals surface area contributed by atoms with E-state index in [1.54, 1.807) is 12.3 Å². The van der Waals surface area contributed by atoms with Crippen LogP contribution in [-0.2, 0) is 5.24 Å². The number of aromatic amines is 1. The van der Waals surface area contributed by atoms with Crippen LogP contribution in [0, 0.1) is 17.2 Å². The van der Waals surface area contributed by atoms with Crippen molar-refractivity contribution in [1.29, 1.82) is 5.26 Å². The lowest BCUT2D eigenvalue weighted by Gasteiger charge is -2.33. The summed E-state index contributed by atoms with van der Waals surface area (Å²) in [5.41, 5.74) is 1.80. The molecule has 0 amide bonds. The molecule has 4 rings (SSSR count). The van der Waals surface area contributed by atoms with Crippen LogP contribution in [-0.4, -0.2) is 54.4 Å². The Kier molecular flexibility index (Phi) is 4.14. The molecule has 1 saturated carbocycles. The lowest BCUT2D eigenvalue weighted by atomic mass is 9.49. The summed E-state index contributed by atoms with van der Waals surface area (Å²) in [4.78, 5) is 11.8. The summed E-state index contributed by atoms with van der Waals surface area (Å²) in [5.74, 6) is 1.52. The summed E-state index contributed by atoms with van der Waals surface area (Å²) in [6, 6.07) is 3.80. The molecule has 8 nitrogen and oxygen atoms in total. The maximum absolute atomic E-state index is 9.02. The van der Waals surface area contributed by atoms with Gasteiger partial charge in [-0.15, -0.1) is 5.10 Å². The summed E-state index contributed by atoms with van der Waals surface area (Å²) in [6.45, 7) is 2.19. The van der Waals surface area contributed by atoms with Gasteiger partial charge < -0.3 is 15.0 Å². The van der Waals surface area contributed by atoms with Crippen molar-refractivity contribution in [1.82, 2.24) is 24.7 Å². The van der Waals surface area contributed by atoms with E-state index in [0.717, 1.165) is 17.5 Å². The highest BCUT2D eigenvalue weighted by Gasteiger charge is 2.31. The van der Waals surface area contributed by atoms with Crippen LogP contribution in [0.2, 0.25) is 0 Å². The molecule has 0 spiro atoms. The number of nitrogens with one attached hydrogen (secondary N) is 2. The van der Waals surface area contributed by atoms with Crippen LogP contribution in [0.5, 0.6) is 5.88 Å².